The van der Waals surface area contributed by atoms with E-state index in [9.17, 15) is 9.59 Å². The van der Waals surface area contributed by atoms with Gasteiger partial charge in [0.25, 0.3) is 11.5 Å². The van der Waals surface area contributed by atoms with E-state index in [1.807, 2.05) is 31.2 Å². The molecule has 0 spiro atoms. The van der Waals surface area contributed by atoms with Crippen molar-refractivity contribution in [1.29, 1.82) is 0 Å². The average molecular weight is 398 g/mol. The zero-order chi connectivity index (χ0) is 19.7. The van der Waals surface area contributed by atoms with Crippen LogP contribution in [0, 0.1) is 12.8 Å². The number of rotatable bonds is 4. The number of benzene rings is 1. The van der Waals surface area contributed by atoms with Crippen molar-refractivity contribution < 1.29 is 4.79 Å². The minimum atomic E-state index is -0.428. The monoisotopic (exact) mass is 397 g/mol. The number of aryl methyl sites for hydroxylation is 1. The number of anilines is 1. The molecule has 0 unspecified atom stereocenters. The molecule has 7 nitrogen and oxygen atoms in total. The number of aromatic nitrogens is 3. The lowest BCUT2D eigenvalue weighted by atomic mass is 10.00. The second-order valence-corrected chi connectivity index (χ2v) is 8.33. The van der Waals surface area contributed by atoms with Gasteiger partial charge in [0, 0.05) is 25.7 Å². The maximum atomic E-state index is 12.7. The molecule has 1 N–H and O–H groups in total. The maximum Gasteiger partial charge on any atom is 0.274 e. The van der Waals surface area contributed by atoms with Gasteiger partial charge in [-0.2, -0.15) is 9.50 Å². The molecule has 28 heavy (non-hydrogen) atoms. The lowest BCUT2D eigenvalue weighted by molar-refractivity contribution is 0.0943. The second-order valence-electron chi connectivity index (χ2n) is 7.40. The van der Waals surface area contributed by atoms with Gasteiger partial charge < -0.3 is 10.2 Å². The summed E-state index contributed by atoms with van der Waals surface area (Å²) < 4.78 is 1.49. The Morgan fingerprint density at radius 1 is 1.25 bits per heavy atom. The highest BCUT2D eigenvalue weighted by Gasteiger charge is 2.21. The molecule has 3 heterocycles. The number of hydrogen-bond donors (Lipinski definition) is 1. The fraction of sp³-hybridized carbons (Fsp3) is 0.400. The highest BCUT2D eigenvalue weighted by atomic mass is 32.1. The first-order chi connectivity index (χ1) is 13.5. The fourth-order valence-electron chi connectivity index (χ4n) is 3.27. The standard InChI is InChI=1S/C20H23N5O2S/c1-13-3-5-15(6-4-13)12-21-18(27)16-11-17(26)22-19-25(16)23-20(28-19)24-9-7-14(2)8-10-24/h3-6,11,14H,7-10,12H2,1-2H3,(H,21,27). The molecule has 0 saturated carbocycles. The third kappa shape index (κ3) is 3.91. The normalized spacial score (nSPS) is 15.1. The number of carbonyl (C=O) groups excluding carboxylic acids is 1. The molecule has 1 aromatic carbocycles. The van der Waals surface area contributed by atoms with E-state index in [0.29, 0.717) is 17.4 Å². The van der Waals surface area contributed by atoms with Crippen LogP contribution in [0.25, 0.3) is 4.96 Å². The Labute approximate surface area is 167 Å². The van der Waals surface area contributed by atoms with Crippen LogP contribution in [0.1, 0.15) is 41.4 Å². The van der Waals surface area contributed by atoms with E-state index in [1.165, 1.54) is 27.5 Å². The molecule has 3 aromatic rings. The third-order valence-corrected chi connectivity index (χ3v) is 6.07. The summed E-state index contributed by atoms with van der Waals surface area (Å²) in [6, 6.07) is 9.20. The van der Waals surface area contributed by atoms with E-state index in [1.54, 1.807) is 0 Å². The van der Waals surface area contributed by atoms with E-state index < -0.39 is 5.56 Å². The van der Waals surface area contributed by atoms with Gasteiger partial charge in [0.1, 0.15) is 5.69 Å². The number of nitrogens with zero attached hydrogens (tertiary/aromatic N) is 4. The summed E-state index contributed by atoms with van der Waals surface area (Å²) in [5.41, 5.74) is 1.95. The van der Waals surface area contributed by atoms with Gasteiger partial charge in [-0.05, 0) is 31.2 Å². The first-order valence-electron chi connectivity index (χ1n) is 9.49. The third-order valence-electron chi connectivity index (χ3n) is 5.10. The Morgan fingerprint density at radius 2 is 1.96 bits per heavy atom. The quantitative estimate of drug-likeness (QED) is 0.732. The number of carbonyl (C=O) groups is 1. The lowest BCUT2D eigenvalue weighted by Gasteiger charge is -2.29. The number of hydrogen-bond acceptors (Lipinski definition) is 6. The van der Waals surface area contributed by atoms with Crippen LogP contribution in [0.5, 0.6) is 0 Å². The van der Waals surface area contributed by atoms with Gasteiger partial charge in [0.2, 0.25) is 10.1 Å². The van der Waals surface area contributed by atoms with Crippen LogP contribution in [0.4, 0.5) is 5.13 Å². The topological polar surface area (TPSA) is 79.6 Å². The molecule has 146 valence electrons. The average Bonchev–Trinajstić information content (AvgIpc) is 3.11. The van der Waals surface area contributed by atoms with Gasteiger partial charge >= 0.3 is 0 Å². The summed E-state index contributed by atoms with van der Waals surface area (Å²) in [5, 5.41) is 8.27. The summed E-state index contributed by atoms with van der Waals surface area (Å²) in [6.45, 7) is 6.53. The van der Waals surface area contributed by atoms with Gasteiger partial charge in [0.05, 0.1) is 0 Å². The summed E-state index contributed by atoms with van der Waals surface area (Å²) >= 11 is 1.35. The Hall–Kier alpha value is -2.74. The molecular weight excluding hydrogens is 374 g/mol. The first-order valence-corrected chi connectivity index (χ1v) is 10.3. The largest absolute Gasteiger partial charge is 0.347 e. The molecule has 1 aliphatic rings. The molecule has 2 aromatic heterocycles. The number of amides is 1. The molecule has 0 radical (unpaired) electrons. The van der Waals surface area contributed by atoms with Gasteiger partial charge in [-0.3, -0.25) is 9.59 Å². The van der Waals surface area contributed by atoms with Crippen molar-refractivity contribution in [1.82, 2.24) is 19.9 Å². The lowest BCUT2D eigenvalue weighted by Crippen LogP contribution is -2.32. The van der Waals surface area contributed by atoms with Gasteiger partial charge in [-0.25, -0.2) is 0 Å². The minimum absolute atomic E-state index is 0.218. The molecule has 1 saturated heterocycles. The van der Waals surface area contributed by atoms with Gasteiger partial charge in [-0.15, -0.1) is 5.10 Å². The number of fused-ring (bicyclic) bond motifs is 1. The zero-order valence-electron chi connectivity index (χ0n) is 16.0. The molecule has 0 atom stereocenters. The smallest absolute Gasteiger partial charge is 0.274 e. The molecule has 1 fully saturated rings. The number of nitrogens with one attached hydrogen (secondary N) is 1. The molecule has 4 rings (SSSR count). The zero-order valence-corrected chi connectivity index (χ0v) is 16.8. The number of piperidine rings is 1. The molecule has 1 amide bonds. The minimum Gasteiger partial charge on any atom is -0.347 e. The van der Waals surface area contributed by atoms with Crippen molar-refractivity contribution in [3.8, 4) is 0 Å². The van der Waals surface area contributed by atoms with E-state index in [2.05, 4.69) is 27.2 Å². The van der Waals surface area contributed by atoms with Crippen LogP contribution < -0.4 is 15.8 Å². The van der Waals surface area contributed by atoms with Crippen molar-refractivity contribution in [3.63, 3.8) is 0 Å². The highest BCUT2D eigenvalue weighted by Crippen LogP contribution is 2.27. The Kier molecular flexibility index (Phi) is 5.13. The first kappa shape index (κ1) is 18.6. The Balaban J connectivity index is 1.58. The predicted molar refractivity (Wildman–Crippen MR) is 110 cm³/mol. The van der Waals surface area contributed by atoms with Crippen LogP contribution in [0.15, 0.2) is 35.1 Å². The Bertz CT molecular complexity index is 1050. The van der Waals surface area contributed by atoms with E-state index >= 15 is 0 Å². The van der Waals surface area contributed by atoms with E-state index in [-0.39, 0.29) is 11.6 Å². The highest BCUT2D eigenvalue weighted by molar-refractivity contribution is 7.20. The second kappa shape index (κ2) is 7.71. The molecule has 0 aliphatic carbocycles. The summed E-state index contributed by atoms with van der Waals surface area (Å²) in [4.78, 5) is 31.4. The van der Waals surface area contributed by atoms with Crippen LogP contribution in [-0.2, 0) is 6.54 Å². The van der Waals surface area contributed by atoms with Crippen LogP contribution in [0.2, 0.25) is 0 Å². The molecule has 0 bridgehead atoms. The van der Waals surface area contributed by atoms with Crippen molar-refractivity contribution in [3.05, 3.63) is 57.5 Å². The molecule has 8 heteroatoms. The van der Waals surface area contributed by atoms with Crippen LogP contribution in [0.3, 0.4) is 0 Å². The van der Waals surface area contributed by atoms with Crippen molar-refractivity contribution in [2.24, 2.45) is 5.92 Å². The van der Waals surface area contributed by atoms with Crippen LogP contribution >= 0.6 is 11.3 Å². The van der Waals surface area contributed by atoms with Gasteiger partial charge in [0.15, 0.2) is 0 Å². The Morgan fingerprint density at radius 3 is 2.68 bits per heavy atom. The molecule has 1 aliphatic heterocycles. The van der Waals surface area contributed by atoms with Crippen molar-refractivity contribution in [2.45, 2.75) is 33.2 Å². The summed E-state index contributed by atoms with van der Waals surface area (Å²) in [7, 11) is 0. The van der Waals surface area contributed by atoms with E-state index in [4.69, 9.17) is 0 Å². The van der Waals surface area contributed by atoms with Crippen molar-refractivity contribution >= 4 is 27.3 Å². The van der Waals surface area contributed by atoms with Gasteiger partial charge in [-0.1, -0.05) is 48.1 Å². The summed E-state index contributed by atoms with van der Waals surface area (Å²) in [5.74, 6) is 0.381. The van der Waals surface area contributed by atoms with Crippen molar-refractivity contribution in [2.75, 3.05) is 18.0 Å². The van der Waals surface area contributed by atoms with Crippen LogP contribution in [-0.4, -0.2) is 33.6 Å². The molecular formula is C20H23N5O2S. The predicted octanol–water partition coefficient (Wildman–Crippen LogP) is 2.63. The van der Waals surface area contributed by atoms with E-state index in [0.717, 1.165) is 36.6 Å². The SMILES string of the molecule is Cc1ccc(CNC(=O)c2cc(=O)nc3sc(N4CCC(C)CC4)nn23)cc1. The summed E-state index contributed by atoms with van der Waals surface area (Å²) in [6.07, 6.45) is 2.23. The fourth-order valence-corrected chi connectivity index (χ4v) is 4.23. The maximum absolute atomic E-state index is 12.7.